The molecule has 31 valence electrons. The molecule has 0 saturated heterocycles. The maximum absolute atomic E-state index is 9.59. The number of rotatable bonds is 0. The van der Waals surface area contributed by atoms with Crippen LogP contribution in [0.2, 0.25) is 0 Å². The van der Waals surface area contributed by atoms with Crippen LogP contribution in [-0.2, 0) is 35.1 Å². The van der Waals surface area contributed by atoms with Crippen LogP contribution in [0, 0.1) is 0 Å². The van der Waals surface area contributed by atoms with E-state index in [2.05, 4.69) is 0 Å². The van der Waals surface area contributed by atoms with Crippen molar-refractivity contribution in [2.24, 2.45) is 0 Å². The summed E-state index contributed by atoms with van der Waals surface area (Å²) in [6.45, 7) is 0. The minimum Gasteiger partial charge on any atom is 0 e. The largest absolute Gasteiger partial charge is 0 e. The molecule has 0 heterocycles. The first-order valence-electron chi connectivity index (χ1n) is 0.252. The van der Waals surface area contributed by atoms with Crippen LogP contribution in [0.1, 0.15) is 0 Å². The Bertz CT molecular complexity index is 6.00. The average molecular weight is 198 g/mol. The van der Waals surface area contributed by atoms with Gasteiger partial charge in [0.25, 0.3) is 0 Å². The van der Waals surface area contributed by atoms with E-state index in [1.54, 1.807) is 0 Å². The van der Waals surface area contributed by atoms with Gasteiger partial charge in [-0.05, 0) is 0 Å². The summed E-state index contributed by atoms with van der Waals surface area (Å²) in [7, 11) is 0. The molecule has 0 aromatic carbocycles. The molecule has 0 unspecified atom stereocenters. The van der Waals surface area contributed by atoms with Crippen molar-refractivity contribution in [3.63, 3.8) is 0 Å². The maximum Gasteiger partial charge on any atom is 0 e. The van der Waals surface area contributed by atoms with Gasteiger partial charge in [-0.2, -0.15) is 0 Å². The minimum atomic E-state index is -1.56. The van der Waals surface area contributed by atoms with Gasteiger partial charge >= 0.3 is 22.8 Å². The second-order valence-corrected chi connectivity index (χ2v) is 0.196. The number of hydrogen-bond donors (Lipinski definition) is 0. The molecule has 0 aliphatic heterocycles. The van der Waals surface area contributed by atoms with E-state index in [0.717, 1.165) is 0 Å². The normalized spacial score (nSPS) is 5.50. The van der Waals surface area contributed by atoms with Gasteiger partial charge < -0.3 is 0 Å². The molecule has 0 fully saturated rings. The van der Waals surface area contributed by atoms with Crippen molar-refractivity contribution in [2.45, 2.75) is 0 Å². The zero-order valence-corrected chi connectivity index (χ0v) is 4.22. The van der Waals surface area contributed by atoms with Gasteiger partial charge in [-0.1, -0.05) is 0 Å². The van der Waals surface area contributed by atoms with Crippen molar-refractivity contribution in [3.05, 3.63) is 0 Å². The van der Waals surface area contributed by atoms with Crippen molar-refractivity contribution in [3.8, 4) is 0 Å². The Morgan fingerprint density at radius 1 is 1.25 bits per heavy atom. The van der Waals surface area contributed by atoms with E-state index in [4.69, 9.17) is 0 Å². The van der Waals surface area contributed by atoms with Crippen molar-refractivity contribution in [1.29, 1.82) is 0 Å². The Labute approximate surface area is 42.6 Å². The topological polar surface area (TPSA) is 0 Å². The molecule has 0 rings (SSSR count). The molecule has 0 aromatic heterocycles. The molecule has 0 aliphatic rings. The van der Waals surface area contributed by atoms with Crippen molar-refractivity contribution < 1.29 is 42.2 Å². The Hall–Kier alpha value is 0.990. The summed E-state index contributed by atoms with van der Waals surface area (Å²) in [5.74, 6) is 0. The van der Waals surface area contributed by atoms with Gasteiger partial charge in [-0.15, -0.1) is 0 Å². The SMILES string of the molecule is [F][Co][F].[Ru]. The maximum atomic E-state index is 9.59. The zero-order valence-electron chi connectivity index (χ0n) is 1.44. The van der Waals surface area contributed by atoms with Gasteiger partial charge in [0, 0.05) is 19.5 Å². The minimum absolute atomic E-state index is 0. The summed E-state index contributed by atoms with van der Waals surface area (Å²) in [5.41, 5.74) is 0. The smallest absolute Gasteiger partial charge is 0 e. The summed E-state index contributed by atoms with van der Waals surface area (Å²) in [4.78, 5) is 0. The number of halogens is 2. The molecule has 0 amide bonds. The van der Waals surface area contributed by atoms with Gasteiger partial charge in [0.2, 0.25) is 0 Å². The second kappa shape index (κ2) is 9.01. The van der Waals surface area contributed by atoms with E-state index in [0.29, 0.717) is 0 Å². The molecule has 0 radical (unpaired) electrons. The standard InChI is InChI=1S/Co.2FH.Ru/h;2*1H;/q+2;;;/p-2. The van der Waals surface area contributed by atoms with Crippen LogP contribution < -0.4 is 0 Å². The summed E-state index contributed by atoms with van der Waals surface area (Å²) in [6.07, 6.45) is 0. The van der Waals surface area contributed by atoms with E-state index in [1.807, 2.05) is 0 Å². The van der Waals surface area contributed by atoms with Crippen LogP contribution in [-0.4, -0.2) is 0 Å². The fraction of sp³-hybridized carbons (Fsp3) is 0. The third kappa shape index (κ3) is 12.1. The van der Waals surface area contributed by atoms with Crippen molar-refractivity contribution in [2.75, 3.05) is 0 Å². The van der Waals surface area contributed by atoms with Gasteiger partial charge in [-0.25, -0.2) is 0 Å². The van der Waals surface area contributed by atoms with E-state index in [-0.39, 0.29) is 19.5 Å². The molecule has 4 heavy (non-hydrogen) atoms. The average Bonchev–Trinajstić information content (AvgIpc) is 0.918. The number of hydrogen-bond acceptors (Lipinski definition) is 0. The molecule has 0 nitrogen and oxygen atoms in total. The fourth-order valence-electron chi connectivity index (χ4n) is 0. The van der Waals surface area contributed by atoms with Crippen molar-refractivity contribution in [1.82, 2.24) is 0 Å². The zero-order chi connectivity index (χ0) is 2.71. The first-order chi connectivity index (χ1) is 1.41. The Morgan fingerprint density at radius 3 is 1.25 bits per heavy atom. The molecule has 0 atom stereocenters. The van der Waals surface area contributed by atoms with Crippen LogP contribution in [0.4, 0.5) is 7.16 Å². The van der Waals surface area contributed by atoms with Crippen molar-refractivity contribution >= 4 is 0 Å². The first kappa shape index (κ1) is 8.89. The quantitative estimate of drug-likeness (QED) is 0.506. The van der Waals surface area contributed by atoms with Crippen LogP contribution in [0.5, 0.6) is 0 Å². The molecule has 0 bridgehead atoms. The molecular formula is CoF2Ru. The Kier molecular flexibility index (Phi) is 20.0. The van der Waals surface area contributed by atoms with Crippen LogP contribution in [0.3, 0.4) is 0 Å². The predicted molar refractivity (Wildman–Crippen MR) is 2.22 cm³/mol. The monoisotopic (exact) mass is 199 g/mol. The molecule has 0 N–H and O–H groups in total. The summed E-state index contributed by atoms with van der Waals surface area (Å²) < 4.78 is 19.2. The van der Waals surface area contributed by atoms with Gasteiger partial charge in [-0.3, -0.25) is 0 Å². The fourth-order valence-corrected chi connectivity index (χ4v) is 0. The van der Waals surface area contributed by atoms with E-state index in [1.165, 1.54) is 0 Å². The van der Waals surface area contributed by atoms with Crippen LogP contribution in [0.25, 0.3) is 0 Å². The molecule has 0 aromatic rings. The molecule has 0 spiro atoms. The summed E-state index contributed by atoms with van der Waals surface area (Å²) in [5, 5.41) is 0. The first-order valence-corrected chi connectivity index (χ1v) is 1.04. The van der Waals surface area contributed by atoms with E-state index < -0.39 is 15.6 Å². The second-order valence-electron chi connectivity index (χ2n) is 0.0476. The van der Waals surface area contributed by atoms with E-state index in [9.17, 15) is 7.16 Å². The third-order valence-electron chi connectivity index (χ3n) is 0. The van der Waals surface area contributed by atoms with Gasteiger partial charge in [0.15, 0.2) is 0 Å². The van der Waals surface area contributed by atoms with E-state index >= 15 is 0 Å². The molecular weight excluding hydrogens is 198 g/mol. The summed E-state index contributed by atoms with van der Waals surface area (Å²) in [6, 6.07) is 0. The molecule has 0 saturated carbocycles. The molecule has 4 heteroatoms. The summed E-state index contributed by atoms with van der Waals surface area (Å²) >= 11 is -1.56. The van der Waals surface area contributed by atoms with Crippen LogP contribution >= 0.6 is 0 Å². The predicted octanol–water partition coefficient (Wildman–Crippen LogP) is 0.835. The van der Waals surface area contributed by atoms with Gasteiger partial charge in [0.05, 0.1) is 0 Å². The Balaban J connectivity index is 0. The molecule has 0 aliphatic carbocycles. The van der Waals surface area contributed by atoms with Crippen LogP contribution in [0.15, 0.2) is 0 Å². The van der Waals surface area contributed by atoms with Gasteiger partial charge in [0.1, 0.15) is 0 Å². The third-order valence-corrected chi connectivity index (χ3v) is 0. The Morgan fingerprint density at radius 2 is 1.25 bits per heavy atom.